The number of hydrogen-bond acceptors (Lipinski definition) is 4. The fourth-order valence-corrected chi connectivity index (χ4v) is 3.20. The maximum absolute atomic E-state index is 11.6. The van der Waals surface area contributed by atoms with Crippen LogP contribution >= 0.6 is 11.6 Å². The van der Waals surface area contributed by atoms with Crippen LogP contribution in [0.4, 0.5) is 0 Å². The average molecular weight is 368 g/mol. The van der Waals surface area contributed by atoms with Gasteiger partial charge in [0, 0.05) is 35.8 Å². The predicted octanol–water partition coefficient (Wildman–Crippen LogP) is 3.99. The molecule has 7 heteroatoms. The zero-order valence-electron chi connectivity index (χ0n) is 13.8. The number of hydrogen-bond donors (Lipinski definition) is 1. The van der Waals surface area contributed by atoms with E-state index in [-0.39, 0.29) is 5.56 Å². The highest BCUT2D eigenvalue weighted by Gasteiger charge is 2.16. The van der Waals surface area contributed by atoms with Gasteiger partial charge in [-0.3, -0.25) is 4.98 Å². The average Bonchev–Trinajstić information content (AvgIpc) is 2.99. The van der Waals surface area contributed by atoms with E-state index in [2.05, 4.69) is 9.97 Å². The monoisotopic (exact) mass is 367 g/mol. The summed E-state index contributed by atoms with van der Waals surface area (Å²) in [5, 5.41) is 11.6. The lowest BCUT2D eigenvalue weighted by Gasteiger charge is -2.07. The third-order valence-corrected chi connectivity index (χ3v) is 4.45. The molecule has 0 bridgehead atoms. The molecular weight excluding hydrogens is 354 g/mol. The smallest absolute Gasteiger partial charge is 0.337 e. The van der Waals surface area contributed by atoms with Gasteiger partial charge in [0.15, 0.2) is 0 Å². The fraction of sp³-hybridized carbons (Fsp3) is 0.105. The normalized spacial score (nSPS) is 11.2. The quantitative estimate of drug-likeness (QED) is 0.590. The minimum absolute atomic E-state index is 0.214. The first kappa shape index (κ1) is 16.4. The second-order valence-corrected chi connectivity index (χ2v) is 6.34. The second kappa shape index (κ2) is 6.31. The minimum atomic E-state index is -0.989. The van der Waals surface area contributed by atoms with Crippen LogP contribution in [0.5, 0.6) is 5.88 Å². The topological polar surface area (TPSA) is 77.2 Å². The molecule has 0 spiro atoms. The maximum atomic E-state index is 11.6. The number of fused-ring (bicyclic) bond motifs is 2. The van der Waals surface area contributed by atoms with Gasteiger partial charge in [0.1, 0.15) is 0 Å². The van der Waals surface area contributed by atoms with Crippen molar-refractivity contribution in [1.82, 2.24) is 14.5 Å². The van der Waals surface area contributed by atoms with Gasteiger partial charge < -0.3 is 14.4 Å². The summed E-state index contributed by atoms with van der Waals surface area (Å²) in [5.74, 6) is -0.610. The number of methoxy groups -OCH3 is 1. The van der Waals surface area contributed by atoms with E-state index in [1.807, 2.05) is 28.8 Å². The standard InChI is InChI=1S/C19H14ClN3O3/c1-26-18-6-14-15(19(24)25)10-23(17(14)8-22-18)9-11-2-3-16-12(4-11)5-13(20)7-21-16/h2-8,10H,9H2,1H3,(H,24,25). The fourth-order valence-electron chi connectivity index (χ4n) is 3.03. The van der Waals surface area contributed by atoms with E-state index in [4.69, 9.17) is 16.3 Å². The number of nitrogens with zero attached hydrogens (tertiary/aromatic N) is 3. The molecule has 0 aliphatic rings. The Bertz CT molecular complexity index is 1150. The Balaban J connectivity index is 1.80. The van der Waals surface area contributed by atoms with Gasteiger partial charge in [0.25, 0.3) is 0 Å². The lowest BCUT2D eigenvalue weighted by Crippen LogP contribution is -1.99. The van der Waals surface area contributed by atoms with Crippen molar-refractivity contribution in [2.45, 2.75) is 6.54 Å². The molecule has 4 aromatic rings. The Hall–Kier alpha value is -3.12. The third-order valence-electron chi connectivity index (χ3n) is 4.25. The Kier molecular flexibility index (Phi) is 3.97. The van der Waals surface area contributed by atoms with Crippen LogP contribution < -0.4 is 4.74 Å². The molecule has 130 valence electrons. The van der Waals surface area contributed by atoms with Gasteiger partial charge in [-0.05, 0) is 23.8 Å². The Morgan fingerprint density at radius 3 is 2.85 bits per heavy atom. The molecule has 26 heavy (non-hydrogen) atoms. The van der Waals surface area contributed by atoms with Crippen molar-refractivity contribution < 1.29 is 14.6 Å². The van der Waals surface area contributed by atoms with Crippen LogP contribution in [-0.2, 0) is 6.54 Å². The maximum Gasteiger partial charge on any atom is 0.337 e. The number of halogens is 1. The molecule has 0 amide bonds. The van der Waals surface area contributed by atoms with Crippen molar-refractivity contribution in [2.24, 2.45) is 0 Å². The van der Waals surface area contributed by atoms with E-state index in [0.717, 1.165) is 22.0 Å². The zero-order chi connectivity index (χ0) is 18.3. The number of rotatable bonds is 4. The number of benzene rings is 1. The van der Waals surface area contributed by atoms with Crippen LogP contribution in [-0.4, -0.2) is 32.7 Å². The van der Waals surface area contributed by atoms with Gasteiger partial charge >= 0.3 is 5.97 Å². The summed E-state index contributed by atoms with van der Waals surface area (Å²) in [6, 6.07) is 9.38. The highest BCUT2D eigenvalue weighted by Crippen LogP contribution is 2.26. The van der Waals surface area contributed by atoms with Crippen LogP contribution in [0.3, 0.4) is 0 Å². The Labute approximate surface area is 153 Å². The summed E-state index contributed by atoms with van der Waals surface area (Å²) >= 11 is 6.02. The van der Waals surface area contributed by atoms with Gasteiger partial charge in [-0.1, -0.05) is 17.7 Å². The summed E-state index contributed by atoms with van der Waals surface area (Å²) in [6.07, 6.45) is 4.86. The minimum Gasteiger partial charge on any atom is -0.481 e. The first-order valence-electron chi connectivity index (χ1n) is 7.85. The van der Waals surface area contributed by atoms with Crippen molar-refractivity contribution in [2.75, 3.05) is 7.11 Å². The highest BCUT2D eigenvalue weighted by atomic mass is 35.5. The molecular formula is C19H14ClN3O3. The van der Waals surface area contributed by atoms with Crippen molar-refractivity contribution in [3.63, 3.8) is 0 Å². The van der Waals surface area contributed by atoms with Crippen LogP contribution in [0, 0.1) is 0 Å². The molecule has 4 rings (SSSR count). The van der Waals surface area contributed by atoms with Gasteiger partial charge in [0.05, 0.1) is 34.9 Å². The molecule has 0 fully saturated rings. The van der Waals surface area contributed by atoms with Crippen LogP contribution in [0.1, 0.15) is 15.9 Å². The molecule has 3 heterocycles. The van der Waals surface area contributed by atoms with Crippen LogP contribution in [0.15, 0.2) is 48.9 Å². The number of carbonyl (C=O) groups is 1. The van der Waals surface area contributed by atoms with Gasteiger partial charge in [-0.15, -0.1) is 0 Å². The molecule has 0 atom stereocenters. The first-order chi connectivity index (χ1) is 12.5. The highest BCUT2D eigenvalue weighted by molar-refractivity contribution is 6.31. The Morgan fingerprint density at radius 1 is 1.23 bits per heavy atom. The largest absolute Gasteiger partial charge is 0.481 e. The van der Waals surface area contributed by atoms with Crippen LogP contribution in [0.2, 0.25) is 5.02 Å². The van der Waals surface area contributed by atoms with Gasteiger partial charge in [-0.25, -0.2) is 9.78 Å². The zero-order valence-corrected chi connectivity index (χ0v) is 14.6. The molecule has 1 aromatic carbocycles. The van der Waals surface area contributed by atoms with Crippen LogP contribution in [0.25, 0.3) is 21.8 Å². The molecule has 3 aromatic heterocycles. The SMILES string of the molecule is COc1cc2c(C(=O)O)cn(Cc3ccc4ncc(Cl)cc4c3)c2cn1. The third kappa shape index (κ3) is 2.84. The van der Waals surface area contributed by atoms with Crippen molar-refractivity contribution in [3.05, 3.63) is 65.1 Å². The summed E-state index contributed by atoms with van der Waals surface area (Å²) in [5.41, 5.74) is 2.80. The Morgan fingerprint density at radius 2 is 2.08 bits per heavy atom. The van der Waals surface area contributed by atoms with E-state index < -0.39 is 5.97 Å². The summed E-state index contributed by atoms with van der Waals surface area (Å²) in [4.78, 5) is 20.1. The predicted molar refractivity (Wildman–Crippen MR) is 99.1 cm³/mol. The van der Waals surface area contributed by atoms with E-state index in [1.54, 1.807) is 24.7 Å². The van der Waals surface area contributed by atoms with Crippen molar-refractivity contribution in [3.8, 4) is 5.88 Å². The second-order valence-electron chi connectivity index (χ2n) is 5.90. The lowest BCUT2D eigenvalue weighted by atomic mass is 10.1. The summed E-state index contributed by atoms with van der Waals surface area (Å²) < 4.78 is 6.98. The van der Waals surface area contributed by atoms with Gasteiger partial charge in [-0.2, -0.15) is 0 Å². The molecule has 6 nitrogen and oxygen atoms in total. The van der Waals surface area contributed by atoms with E-state index in [0.29, 0.717) is 22.8 Å². The molecule has 1 N–H and O–H groups in total. The summed E-state index contributed by atoms with van der Waals surface area (Å²) in [6.45, 7) is 0.500. The number of carboxylic acids is 1. The molecule has 0 aliphatic carbocycles. The molecule has 0 aliphatic heterocycles. The number of ether oxygens (including phenoxy) is 1. The molecule has 0 saturated heterocycles. The molecule has 0 radical (unpaired) electrons. The number of pyridine rings is 2. The lowest BCUT2D eigenvalue weighted by molar-refractivity contribution is 0.0699. The number of carboxylic acid groups (broad SMARTS) is 1. The van der Waals surface area contributed by atoms with Gasteiger partial charge in [0.2, 0.25) is 5.88 Å². The van der Waals surface area contributed by atoms with Crippen molar-refractivity contribution in [1.29, 1.82) is 0 Å². The van der Waals surface area contributed by atoms with E-state index in [9.17, 15) is 9.90 Å². The molecule has 0 saturated carbocycles. The summed E-state index contributed by atoms with van der Waals surface area (Å²) in [7, 11) is 1.50. The van der Waals surface area contributed by atoms with E-state index in [1.165, 1.54) is 7.11 Å². The van der Waals surface area contributed by atoms with Crippen molar-refractivity contribution >= 4 is 39.4 Å². The van der Waals surface area contributed by atoms with E-state index >= 15 is 0 Å². The molecule has 0 unspecified atom stereocenters. The number of aromatic carboxylic acids is 1. The first-order valence-corrected chi connectivity index (χ1v) is 8.23. The number of aromatic nitrogens is 3.